The summed E-state index contributed by atoms with van der Waals surface area (Å²) in [7, 11) is 0. The number of hydrogen-bond acceptors (Lipinski definition) is 6. The van der Waals surface area contributed by atoms with Gasteiger partial charge in [0.25, 0.3) is 0 Å². The summed E-state index contributed by atoms with van der Waals surface area (Å²) in [6.07, 6.45) is -0.514. The van der Waals surface area contributed by atoms with Crippen molar-refractivity contribution in [2.75, 3.05) is 46.1 Å². The molecule has 0 radical (unpaired) electrons. The summed E-state index contributed by atoms with van der Waals surface area (Å²) in [6, 6.07) is 27.5. The third-order valence-corrected chi connectivity index (χ3v) is 6.49. The summed E-state index contributed by atoms with van der Waals surface area (Å²) in [4.78, 5) is 4.88. The first kappa shape index (κ1) is 22.9. The maximum atomic E-state index is 10.5. The van der Waals surface area contributed by atoms with Gasteiger partial charge in [0.15, 0.2) is 11.5 Å². The molecule has 2 aliphatic rings. The van der Waals surface area contributed by atoms with Crippen LogP contribution in [0, 0.1) is 0 Å². The van der Waals surface area contributed by atoms with Gasteiger partial charge in [-0.15, -0.1) is 0 Å². The second-order valence-electron chi connectivity index (χ2n) is 8.92. The molecule has 1 saturated heterocycles. The number of fused-ring (bicyclic) bond motifs is 1. The number of aliphatic hydroxyl groups excluding tert-OH is 1. The van der Waals surface area contributed by atoms with Crippen molar-refractivity contribution in [3.63, 3.8) is 0 Å². The zero-order valence-corrected chi connectivity index (χ0v) is 19.4. The molecule has 1 atom stereocenters. The largest absolute Gasteiger partial charge is 0.454 e. The van der Waals surface area contributed by atoms with Crippen LogP contribution in [0.25, 0.3) is 0 Å². The predicted octanol–water partition coefficient (Wildman–Crippen LogP) is 3.70. The number of β-amino-alcohol motifs (C(OH)–C–C–N with tert-alkyl or cyclic N) is 1. The van der Waals surface area contributed by atoms with Gasteiger partial charge in [0.2, 0.25) is 6.79 Å². The van der Waals surface area contributed by atoms with Crippen LogP contribution in [0.15, 0.2) is 78.9 Å². The fourth-order valence-corrected chi connectivity index (χ4v) is 4.78. The normalized spacial score (nSPS) is 17.2. The lowest BCUT2D eigenvalue weighted by Gasteiger charge is -2.40. The van der Waals surface area contributed by atoms with Gasteiger partial charge in [0.1, 0.15) is 0 Å². The van der Waals surface area contributed by atoms with Crippen molar-refractivity contribution < 1.29 is 19.3 Å². The highest BCUT2D eigenvalue weighted by Gasteiger charge is 2.27. The molecule has 1 N–H and O–H groups in total. The summed E-state index contributed by atoms with van der Waals surface area (Å²) in [5.41, 5.74) is 3.65. The van der Waals surface area contributed by atoms with Gasteiger partial charge in [0, 0.05) is 32.7 Å². The quantitative estimate of drug-likeness (QED) is 0.526. The smallest absolute Gasteiger partial charge is 0.231 e. The van der Waals surface area contributed by atoms with Crippen LogP contribution < -0.4 is 9.47 Å². The fraction of sp³-hybridized carbons (Fsp3) is 0.357. The highest BCUT2D eigenvalue weighted by atomic mass is 16.7. The molecule has 6 heteroatoms. The zero-order chi connectivity index (χ0) is 23.2. The number of ether oxygens (including phenoxy) is 3. The molecule has 0 aliphatic carbocycles. The monoisotopic (exact) mass is 460 g/mol. The molecule has 6 nitrogen and oxygen atoms in total. The molecule has 3 aromatic carbocycles. The third-order valence-electron chi connectivity index (χ3n) is 6.49. The van der Waals surface area contributed by atoms with Gasteiger partial charge in [-0.25, -0.2) is 0 Å². The van der Waals surface area contributed by atoms with Gasteiger partial charge in [-0.3, -0.25) is 9.80 Å². The van der Waals surface area contributed by atoms with Crippen molar-refractivity contribution in [2.24, 2.45) is 0 Å². The van der Waals surface area contributed by atoms with Gasteiger partial charge in [-0.1, -0.05) is 66.7 Å². The minimum atomic E-state index is -0.514. The van der Waals surface area contributed by atoms with E-state index in [1.807, 2.05) is 18.2 Å². The Morgan fingerprint density at radius 3 is 2.12 bits per heavy atom. The number of hydrogen-bond donors (Lipinski definition) is 1. The Morgan fingerprint density at radius 2 is 1.44 bits per heavy atom. The van der Waals surface area contributed by atoms with E-state index < -0.39 is 6.10 Å². The molecular formula is C28H32N2O4. The van der Waals surface area contributed by atoms with E-state index >= 15 is 0 Å². The number of nitrogens with zero attached hydrogens (tertiary/aromatic N) is 2. The zero-order valence-electron chi connectivity index (χ0n) is 19.4. The maximum absolute atomic E-state index is 10.5. The second-order valence-corrected chi connectivity index (χ2v) is 8.92. The van der Waals surface area contributed by atoms with Crippen LogP contribution >= 0.6 is 0 Å². The Labute approximate surface area is 201 Å². The molecule has 1 unspecified atom stereocenters. The molecule has 1 fully saturated rings. The Balaban J connectivity index is 1.10. The molecule has 0 saturated carbocycles. The summed E-state index contributed by atoms with van der Waals surface area (Å²) in [5.74, 6) is 1.52. The van der Waals surface area contributed by atoms with Crippen LogP contribution in [0.4, 0.5) is 0 Å². The van der Waals surface area contributed by atoms with E-state index in [4.69, 9.17) is 14.2 Å². The van der Waals surface area contributed by atoms with E-state index in [0.29, 0.717) is 19.8 Å². The van der Waals surface area contributed by atoms with E-state index in [9.17, 15) is 5.11 Å². The van der Waals surface area contributed by atoms with Crippen molar-refractivity contribution in [1.82, 2.24) is 9.80 Å². The summed E-state index contributed by atoms with van der Waals surface area (Å²) >= 11 is 0. The minimum Gasteiger partial charge on any atom is -0.454 e. The topological polar surface area (TPSA) is 54.4 Å². The lowest BCUT2D eigenvalue weighted by atomic mass is 9.96. The minimum absolute atomic E-state index is 0.250. The fourth-order valence-electron chi connectivity index (χ4n) is 4.78. The third kappa shape index (κ3) is 5.59. The van der Waals surface area contributed by atoms with Gasteiger partial charge >= 0.3 is 0 Å². The van der Waals surface area contributed by atoms with Gasteiger partial charge < -0.3 is 19.3 Å². The average Bonchev–Trinajstić information content (AvgIpc) is 3.35. The second kappa shape index (κ2) is 11.0. The molecule has 178 valence electrons. The van der Waals surface area contributed by atoms with Crippen LogP contribution in [-0.2, 0) is 11.3 Å². The predicted molar refractivity (Wildman–Crippen MR) is 131 cm³/mol. The Bertz CT molecular complexity index is 999. The average molecular weight is 461 g/mol. The Morgan fingerprint density at radius 1 is 0.794 bits per heavy atom. The lowest BCUT2D eigenvalue weighted by molar-refractivity contribution is -0.000729. The van der Waals surface area contributed by atoms with Gasteiger partial charge in [0.05, 0.1) is 25.4 Å². The number of piperazine rings is 1. The van der Waals surface area contributed by atoms with E-state index in [2.05, 4.69) is 70.5 Å². The van der Waals surface area contributed by atoms with Crippen molar-refractivity contribution in [3.05, 3.63) is 95.6 Å². The summed E-state index contributed by atoms with van der Waals surface area (Å²) in [6.45, 7) is 5.41. The lowest BCUT2D eigenvalue weighted by Crippen LogP contribution is -2.50. The molecule has 34 heavy (non-hydrogen) atoms. The first-order valence-electron chi connectivity index (χ1n) is 12.0. The first-order valence-corrected chi connectivity index (χ1v) is 12.0. The summed E-state index contributed by atoms with van der Waals surface area (Å²) in [5, 5.41) is 10.5. The number of aliphatic hydroxyl groups is 1. The van der Waals surface area contributed by atoms with Crippen molar-refractivity contribution in [3.8, 4) is 11.5 Å². The summed E-state index contributed by atoms with van der Waals surface area (Å²) < 4.78 is 16.5. The van der Waals surface area contributed by atoms with Crippen LogP contribution in [0.3, 0.4) is 0 Å². The molecule has 0 aromatic heterocycles. The SMILES string of the molecule is OC(COCc1ccc2c(c1)OCO2)CN1CCN(C(c2ccccc2)c2ccccc2)CC1. The van der Waals surface area contributed by atoms with Crippen LogP contribution in [0.5, 0.6) is 11.5 Å². The van der Waals surface area contributed by atoms with Crippen molar-refractivity contribution in [1.29, 1.82) is 0 Å². The Kier molecular flexibility index (Phi) is 7.41. The maximum Gasteiger partial charge on any atom is 0.231 e. The van der Waals surface area contributed by atoms with Crippen molar-refractivity contribution >= 4 is 0 Å². The molecular weight excluding hydrogens is 428 g/mol. The van der Waals surface area contributed by atoms with Crippen molar-refractivity contribution in [2.45, 2.75) is 18.8 Å². The van der Waals surface area contributed by atoms with E-state index in [1.54, 1.807) is 0 Å². The van der Waals surface area contributed by atoms with E-state index in [-0.39, 0.29) is 12.8 Å². The number of benzene rings is 3. The molecule has 2 aliphatic heterocycles. The van der Waals surface area contributed by atoms with Crippen LogP contribution in [-0.4, -0.2) is 67.1 Å². The molecule has 0 spiro atoms. The molecule has 2 heterocycles. The Hall–Kier alpha value is -2.90. The molecule has 0 bridgehead atoms. The molecule has 3 aromatic rings. The standard InChI is InChI=1S/C28H32N2O4/c31-25(20-32-19-22-11-12-26-27(17-22)34-21-33-26)18-29-13-15-30(16-14-29)28(23-7-3-1-4-8-23)24-9-5-2-6-10-24/h1-12,17,25,28,31H,13-16,18-21H2. The van der Waals surface area contributed by atoms with E-state index in [0.717, 1.165) is 43.2 Å². The first-order chi connectivity index (χ1) is 16.8. The molecule has 0 amide bonds. The van der Waals surface area contributed by atoms with E-state index in [1.165, 1.54) is 11.1 Å². The van der Waals surface area contributed by atoms with Gasteiger partial charge in [-0.2, -0.15) is 0 Å². The number of rotatable bonds is 9. The highest BCUT2D eigenvalue weighted by Crippen LogP contribution is 2.33. The van der Waals surface area contributed by atoms with Crippen LogP contribution in [0.1, 0.15) is 22.7 Å². The highest BCUT2D eigenvalue weighted by molar-refractivity contribution is 5.44. The molecule has 5 rings (SSSR count). The van der Waals surface area contributed by atoms with Crippen LogP contribution in [0.2, 0.25) is 0 Å². The van der Waals surface area contributed by atoms with Gasteiger partial charge in [-0.05, 0) is 28.8 Å².